The number of hydrogen-bond donors (Lipinski definition) is 2. The summed E-state index contributed by atoms with van der Waals surface area (Å²) >= 11 is 0. The summed E-state index contributed by atoms with van der Waals surface area (Å²) in [4.78, 5) is 11.3. The predicted molar refractivity (Wildman–Crippen MR) is 76.7 cm³/mol. The molecule has 0 saturated carbocycles. The molecule has 2 N–H and O–H groups in total. The molecule has 5 heteroatoms. The molecule has 114 valence electrons. The van der Waals surface area contributed by atoms with E-state index < -0.39 is 12.0 Å². The minimum absolute atomic E-state index is 0. The molecule has 0 amide bonds. The van der Waals surface area contributed by atoms with E-state index in [1.807, 2.05) is 30.3 Å². The van der Waals surface area contributed by atoms with Gasteiger partial charge in [0, 0.05) is 0 Å². The molecule has 21 heavy (non-hydrogen) atoms. The van der Waals surface area contributed by atoms with Crippen molar-refractivity contribution >= 4 is 5.97 Å². The summed E-state index contributed by atoms with van der Waals surface area (Å²) in [7, 11) is 0. The molecule has 0 radical (unpaired) electrons. The smallest absolute Gasteiger partial charge is 0.646 e. The first-order chi connectivity index (χ1) is 9.66. The molecule has 2 aromatic rings. The fraction of sp³-hybridized carbons (Fsp3) is 0.188. The third-order valence-corrected chi connectivity index (χ3v) is 3.03. The number of benzene rings is 2. The summed E-state index contributed by atoms with van der Waals surface area (Å²) in [5.74, 6) is -0.815. The average molecular weight is 334 g/mol. The first kappa shape index (κ1) is 17.2. The summed E-state index contributed by atoms with van der Waals surface area (Å²) in [6.07, 6.45) is 0.351. The Kier molecular flexibility index (Phi) is 6.95. The number of aromatic hydroxyl groups is 1. The number of phenols is 1. The number of para-hydroxylation sites is 1. The van der Waals surface area contributed by atoms with E-state index >= 15 is 0 Å². The molecule has 0 spiro atoms. The molecule has 0 fully saturated rings. The van der Waals surface area contributed by atoms with Crippen LogP contribution in [-0.4, -0.2) is 22.2 Å². The molecule has 0 aliphatic heterocycles. The molecule has 0 aliphatic carbocycles. The van der Waals surface area contributed by atoms with Gasteiger partial charge < -0.3 is 15.5 Å². The van der Waals surface area contributed by atoms with Crippen molar-refractivity contribution in [2.75, 3.05) is 0 Å². The predicted octanol–water partition coefficient (Wildman–Crippen LogP) is 2.96. The zero-order chi connectivity index (χ0) is 14.4. The van der Waals surface area contributed by atoms with Gasteiger partial charge in [-0.2, -0.15) is 0 Å². The maximum atomic E-state index is 11.3. The third-order valence-electron chi connectivity index (χ3n) is 3.03. The van der Waals surface area contributed by atoms with Crippen LogP contribution in [0, 0.1) is 0 Å². The molecule has 0 bridgehead atoms. The van der Waals surface area contributed by atoms with Gasteiger partial charge in [-0.3, -0.25) is 4.79 Å². The molecule has 2 aromatic carbocycles. The van der Waals surface area contributed by atoms with Crippen molar-refractivity contribution in [1.82, 2.24) is 0 Å². The van der Waals surface area contributed by atoms with Crippen molar-refractivity contribution in [3.05, 3.63) is 71.0 Å². The standard InChI is InChI=1S/C16H16NO3.Cu/c18-15-9-5-4-8-13(15)11-17-14(16(19)20)10-12-6-2-1-3-7-12;/h1-9,14,18H,10-11H2,(H,19,20);/q-1;+1. The number of carboxylic acids is 1. The van der Waals surface area contributed by atoms with Gasteiger partial charge in [0.25, 0.3) is 5.97 Å². The van der Waals surface area contributed by atoms with Crippen LogP contribution in [0.1, 0.15) is 11.1 Å². The maximum Gasteiger partial charge on any atom is 1.00 e. The van der Waals surface area contributed by atoms with Crippen molar-refractivity contribution in [2.24, 2.45) is 0 Å². The second-order valence-electron chi connectivity index (χ2n) is 4.51. The van der Waals surface area contributed by atoms with Gasteiger partial charge in [-0.15, -0.1) is 6.54 Å². The van der Waals surface area contributed by atoms with E-state index in [4.69, 9.17) is 0 Å². The van der Waals surface area contributed by atoms with Gasteiger partial charge in [-0.25, -0.2) is 0 Å². The molecule has 0 saturated heterocycles. The zero-order valence-corrected chi connectivity index (χ0v) is 12.2. The topological polar surface area (TPSA) is 71.6 Å². The fourth-order valence-electron chi connectivity index (χ4n) is 1.92. The Morgan fingerprint density at radius 2 is 1.67 bits per heavy atom. The molecule has 0 heterocycles. The zero-order valence-electron chi connectivity index (χ0n) is 11.2. The second-order valence-corrected chi connectivity index (χ2v) is 4.51. The van der Waals surface area contributed by atoms with Crippen LogP contribution in [0.4, 0.5) is 0 Å². The summed E-state index contributed by atoms with van der Waals surface area (Å²) in [5, 5.41) is 23.1. The van der Waals surface area contributed by atoms with Gasteiger partial charge in [0.2, 0.25) is 0 Å². The summed E-state index contributed by atoms with van der Waals surface area (Å²) in [6.45, 7) is 0.191. The van der Waals surface area contributed by atoms with Gasteiger partial charge in [0.05, 0.1) is 0 Å². The Balaban J connectivity index is 0.00000220. The Hall–Kier alpha value is -1.81. The Labute approximate surface area is 134 Å². The van der Waals surface area contributed by atoms with E-state index in [9.17, 15) is 15.0 Å². The van der Waals surface area contributed by atoms with Crippen LogP contribution in [0.5, 0.6) is 5.75 Å². The van der Waals surface area contributed by atoms with Crippen LogP contribution in [0.25, 0.3) is 5.32 Å². The third kappa shape index (κ3) is 5.23. The van der Waals surface area contributed by atoms with Crippen LogP contribution in [0.15, 0.2) is 54.6 Å². The van der Waals surface area contributed by atoms with Crippen molar-refractivity contribution < 1.29 is 32.1 Å². The first-order valence-electron chi connectivity index (χ1n) is 6.37. The first-order valence-corrected chi connectivity index (χ1v) is 6.37. The largest absolute Gasteiger partial charge is 1.00 e. The average Bonchev–Trinajstić information content (AvgIpc) is 2.46. The minimum atomic E-state index is -0.954. The molecule has 1 atom stereocenters. The maximum absolute atomic E-state index is 11.3. The molecule has 0 aliphatic rings. The van der Waals surface area contributed by atoms with Crippen LogP contribution < -0.4 is 0 Å². The van der Waals surface area contributed by atoms with Crippen molar-refractivity contribution in [2.45, 2.75) is 19.0 Å². The van der Waals surface area contributed by atoms with Gasteiger partial charge in [-0.1, -0.05) is 48.5 Å². The quantitative estimate of drug-likeness (QED) is 0.798. The summed E-state index contributed by atoms with van der Waals surface area (Å²) in [5.41, 5.74) is 1.56. The number of aliphatic carboxylic acids is 1. The van der Waals surface area contributed by atoms with Crippen molar-refractivity contribution in [1.29, 1.82) is 0 Å². The van der Waals surface area contributed by atoms with E-state index in [2.05, 4.69) is 5.32 Å². The molecule has 2 rings (SSSR count). The molecule has 4 nitrogen and oxygen atoms in total. The minimum Gasteiger partial charge on any atom is -0.646 e. The van der Waals surface area contributed by atoms with Gasteiger partial charge in [-0.05, 0) is 29.7 Å². The molecule has 1 unspecified atom stereocenters. The van der Waals surface area contributed by atoms with E-state index in [0.717, 1.165) is 5.56 Å². The molecule has 0 aromatic heterocycles. The fourth-order valence-corrected chi connectivity index (χ4v) is 1.92. The van der Waals surface area contributed by atoms with Crippen LogP contribution >= 0.6 is 0 Å². The number of phenolic OH excluding ortho intramolecular Hbond substituents is 1. The second kappa shape index (κ2) is 8.47. The molecular weight excluding hydrogens is 318 g/mol. The van der Waals surface area contributed by atoms with E-state index in [0.29, 0.717) is 12.0 Å². The SMILES string of the molecule is O=C(O)C(Cc1ccccc1)[N-]Cc1ccccc1O.[Cu+]. The van der Waals surface area contributed by atoms with Crippen molar-refractivity contribution in [3.63, 3.8) is 0 Å². The normalized spacial score (nSPS) is 11.4. The number of carbonyl (C=O) groups is 1. The van der Waals surface area contributed by atoms with Crippen LogP contribution in [-0.2, 0) is 34.8 Å². The number of rotatable bonds is 6. The summed E-state index contributed by atoms with van der Waals surface area (Å²) in [6, 6.07) is 15.4. The Bertz CT molecular complexity index is 575. The van der Waals surface area contributed by atoms with E-state index in [-0.39, 0.29) is 29.4 Å². The van der Waals surface area contributed by atoms with Gasteiger partial charge in [0.1, 0.15) is 5.75 Å². The molecular formula is C16H16CuNO3. The van der Waals surface area contributed by atoms with Gasteiger partial charge >= 0.3 is 17.1 Å². The number of hydrogen-bond acceptors (Lipinski definition) is 2. The van der Waals surface area contributed by atoms with Crippen molar-refractivity contribution in [3.8, 4) is 5.75 Å². The van der Waals surface area contributed by atoms with Crippen LogP contribution in [0.3, 0.4) is 0 Å². The number of carboxylic acid groups (broad SMARTS) is 1. The van der Waals surface area contributed by atoms with Gasteiger partial charge in [0.15, 0.2) is 0 Å². The monoisotopic (exact) mass is 333 g/mol. The Morgan fingerprint density at radius 1 is 1.05 bits per heavy atom. The van der Waals surface area contributed by atoms with E-state index in [1.165, 1.54) is 0 Å². The summed E-state index contributed by atoms with van der Waals surface area (Å²) < 4.78 is 0. The van der Waals surface area contributed by atoms with Crippen LogP contribution in [0.2, 0.25) is 0 Å². The Morgan fingerprint density at radius 3 is 2.29 bits per heavy atom. The number of nitrogens with zero attached hydrogens (tertiary/aromatic N) is 1. The van der Waals surface area contributed by atoms with E-state index in [1.54, 1.807) is 24.3 Å².